The first-order chi connectivity index (χ1) is 18.2. The van der Waals surface area contributed by atoms with Crippen LogP contribution in [0.4, 0.5) is 14.5 Å². The van der Waals surface area contributed by atoms with E-state index in [4.69, 9.17) is 14.2 Å². The van der Waals surface area contributed by atoms with Crippen LogP contribution < -0.4 is 19.1 Å². The molecule has 38 heavy (non-hydrogen) atoms. The molecule has 4 rings (SSSR count). The predicted molar refractivity (Wildman–Crippen MR) is 138 cm³/mol. The number of hydrogen-bond donors (Lipinski definition) is 1. The van der Waals surface area contributed by atoms with Crippen molar-refractivity contribution in [1.82, 2.24) is 0 Å². The number of methoxy groups -OCH3 is 1. The van der Waals surface area contributed by atoms with Crippen LogP contribution in [0.1, 0.15) is 37.9 Å². The topological polar surface area (TPSA) is 85.3 Å². The van der Waals surface area contributed by atoms with E-state index in [9.17, 15) is 23.5 Å². The third-order valence-corrected chi connectivity index (χ3v) is 5.91. The second-order valence-electron chi connectivity index (χ2n) is 8.80. The molecule has 0 aliphatic carbocycles. The number of ketones is 1. The lowest BCUT2D eigenvalue weighted by Crippen LogP contribution is -2.30. The third kappa shape index (κ3) is 5.04. The first kappa shape index (κ1) is 26.7. The van der Waals surface area contributed by atoms with Gasteiger partial charge in [-0.3, -0.25) is 14.5 Å². The SMILES string of the molecule is CCOc1cc(C2/C(=C(\O)c3ccc(OC(C)C)cc3)C(=O)C(=O)N2c2cc(F)ccc2F)ccc1OC. The Hall–Kier alpha value is -4.40. The smallest absolute Gasteiger partial charge is 0.300 e. The van der Waals surface area contributed by atoms with Crippen LogP contribution >= 0.6 is 0 Å². The minimum absolute atomic E-state index is 0.0736. The lowest BCUT2D eigenvalue weighted by molar-refractivity contribution is -0.132. The van der Waals surface area contributed by atoms with Crippen LogP contribution in [0.3, 0.4) is 0 Å². The summed E-state index contributed by atoms with van der Waals surface area (Å²) in [7, 11) is 1.46. The van der Waals surface area contributed by atoms with Crippen molar-refractivity contribution < 1.29 is 37.7 Å². The van der Waals surface area contributed by atoms with Gasteiger partial charge in [-0.2, -0.15) is 0 Å². The van der Waals surface area contributed by atoms with Gasteiger partial charge in [-0.15, -0.1) is 0 Å². The molecule has 1 atom stereocenters. The number of anilines is 1. The summed E-state index contributed by atoms with van der Waals surface area (Å²) in [5, 5.41) is 11.3. The van der Waals surface area contributed by atoms with Gasteiger partial charge in [0.15, 0.2) is 11.5 Å². The molecular formula is C29H27F2NO6. The summed E-state index contributed by atoms with van der Waals surface area (Å²) < 4.78 is 45.7. The summed E-state index contributed by atoms with van der Waals surface area (Å²) in [6.07, 6.45) is -0.0736. The zero-order chi connectivity index (χ0) is 27.6. The lowest BCUT2D eigenvalue weighted by Gasteiger charge is -2.26. The number of aliphatic hydroxyl groups is 1. The van der Waals surface area contributed by atoms with Crippen molar-refractivity contribution in [1.29, 1.82) is 0 Å². The van der Waals surface area contributed by atoms with Gasteiger partial charge in [0.1, 0.15) is 23.1 Å². The zero-order valence-electron chi connectivity index (χ0n) is 21.3. The molecule has 198 valence electrons. The highest BCUT2D eigenvalue weighted by Crippen LogP contribution is 2.45. The van der Waals surface area contributed by atoms with Gasteiger partial charge in [-0.25, -0.2) is 8.78 Å². The Morgan fingerprint density at radius 3 is 2.34 bits per heavy atom. The van der Waals surface area contributed by atoms with Crippen LogP contribution in [0.25, 0.3) is 5.76 Å². The van der Waals surface area contributed by atoms with Crippen LogP contribution in [-0.2, 0) is 9.59 Å². The van der Waals surface area contributed by atoms with Crippen molar-refractivity contribution in [2.24, 2.45) is 0 Å². The Morgan fingerprint density at radius 2 is 1.71 bits per heavy atom. The standard InChI is InChI=1S/C29H27F2NO6/c1-5-37-24-14-18(8-13-23(24)36-4)26-25(27(33)17-6-10-20(11-7-17)38-16(2)3)28(34)29(35)32(26)22-15-19(30)9-12-21(22)31/h6-16,26,33H,5H2,1-4H3/b27-25+. The maximum absolute atomic E-state index is 14.9. The number of halogens is 2. The minimum atomic E-state index is -1.29. The summed E-state index contributed by atoms with van der Waals surface area (Å²) >= 11 is 0. The van der Waals surface area contributed by atoms with Crippen LogP contribution in [0.5, 0.6) is 17.2 Å². The Bertz CT molecular complexity index is 1400. The molecule has 3 aromatic rings. The lowest BCUT2D eigenvalue weighted by atomic mass is 9.94. The number of Topliss-reactive ketones (excluding diaryl/α,β-unsaturated/α-hetero) is 1. The molecule has 0 aromatic heterocycles. The average Bonchev–Trinajstić information content (AvgIpc) is 3.15. The summed E-state index contributed by atoms with van der Waals surface area (Å²) in [6.45, 7) is 5.80. The maximum Gasteiger partial charge on any atom is 0.300 e. The molecule has 1 amide bonds. The van der Waals surface area contributed by atoms with Gasteiger partial charge in [-0.05, 0) is 74.9 Å². The highest BCUT2D eigenvalue weighted by atomic mass is 19.1. The van der Waals surface area contributed by atoms with Crippen LogP contribution in [0.2, 0.25) is 0 Å². The zero-order valence-corrected chi connectivity index (χ0v) is 21.3. The van der Waals surface area contributed by atoms with Gasteiger partial charge >= 0.3 is 0 Å². The number of rotatable bonds is 8. The fourth-order valence-corrected chi connectivity index (χ4v) is 4.32. The number of aliphatic hydroxyl groups excluding tert-OH is 1. The molecule has 1 N–H and O–H groups in total. The second kappa shape index (κ2) is 10.9. The van der Waals surface area contributed by atoms with E-state index < -0.39 is 40.8 Å². The molecule has 0 spiro atoms. The molecule has 3 aromatic carbocycles. The Morgan fingerprint density at radius 1 is 1.00 bits per heavy atom. The number of carbonyl (C=O) groups excluding carboxylic acids is 2. The van der Waals surface area contributed by atoms with Crippen molar-refractivity contribution in [3.63, 3.8) is 0 Å². The number of benzene rings is 3. The highest BCUT2D eigenvalue weighted by molar-refractivity contribution is 6.51. The van der Waals surface area contributed by atoms with Crippen molar-refractivity contribution in [3.8, 4) is 17.2 Å². The van der Waals surface area contributed by atoms with Crippen molar-refractivity contribution in [3.05, 3.63) is 89.0 Å². The summed E-state index contributed by atoms with van der Waals surface area (Å²) in [4.78, 5) is 27.4. The molecule has 1 aliphatic heterocycles. The minimum Gasteiger partial charge on any atom is -0.507 e. The number of hydrogen-bond acceptors (Lipinski definition) is 6. The fraction of sp³-hybridized carbons (Fsp3) is 0.241. The fourth-order valence-electron chi connectivity index (χ4n) is 4.32. The monoisotopic (exact) mass is 523 g/mol. The van der Waals surface area contributed by atoms with Gasteiger partial charge in [0.25, 0.3) is 11.7 Å². The number of nitrogens with zero attached hydrogens (tertiary/aromatic N) is 1. The number of amides is 1. The maximum atomic E-state index is 14.9. The molecule has 7 nitrogen and oxygen atoms in total. The molecule has 1 saturated heterocycles. The van der Waals surface area contributed by atoms with Gasteiger partial charge in [0.2, 0.25) is 0 Å². The van der Waals surface area contributed by atoms with Crippen LogP contribution in [-0.4, -0.2) is 36.6 Å². The van der Waals surface area contributed by atoms with E-state index >= 15 is 0 Å². The van der Waals surface area contributed by atoms with Crippen molar-refractivity contribution >= 4 is 23.1 Å². The van der Waals surface area contributed by atoms with Gasteiger partial charge < -0.3 is 19.3 Å². The van der Waals surface area contributed by atoms with E-state index in [2.05, 4.69) is 0 Å². The molecule has 0 bridgehead atoms. The normalized spacial score (nSPS) is 16.7. The van der Waals surface area contributed by atoms with E-state index in [-0.39, 0.29) is 17.2 Å². The molecular weight excluding hydrogens is 496 g/mol. The second-order valence-corrected chi connectivity index (χ2v) is 8.80. The predicted octanol–water partition coefficient (Wildman–Crippen LogP) is 5.79. The highest BCUT2D eigenvalue weighted by Gasteiger charge is 2.48. The Kier molecular flexibility index (Phi) is 7.66. The van der Waals surface area contributed by atoms with Gasteiger partial charge in [-0.1, -0.05) is 6.07 Å². The average molecular weight is 524 g/mol. The van der Waals surface area contributed by atoms with Crippen LogP contribution in [0.15, 0.2) is 66.2 Å². The number of carbonyl (C=O) groups is 2. The Labute approximate surface area is 218 Å². The summed E-state index contributed by atoms with van der Waals surface area (Å²) in [5.74, 6) is -3.09. The molecule has 1 unspecified atom stereocenters. The van der Waals surface area contributed by atoms with Crippen LogP contribution in [0, 0.1) is 11.6 Å². The molecule has 1 fully saturated rings. The van der Waals surface area contributed by atoms with E-state index in [0.717, 1.165) is 23.1 Å². The van der Waals surface area contributed by atoms with Crippen molar-refractivity contribution in [2.45, 2.75) is 32.9 Å². The van der Waals surface area contributed by atoms with E-state index in [0.29, 0.717) is 29.4 Å². The Balaban J connectivity index is 1.93. The van der Waals surface area contributed by atoms with Crippen molar-refractivity contribution in [2.75, 3.05) is 18.6 Å². The number of ether oxygens (including phenoxy) is 3. The molecule has 1 aliphatic rings. The van der Waals surface area contributed by atoms with E-state index in [1.165, 1.54) is 13.2 Å². The molecule has 9 heteroatoms. The molecule has 0 radical (unpaired) electrons. The quantitative estimate of drug-likeness (QED) is 0.229. The third-order valence-electron chi connectivity index (χ3n) is 5.91. The molecule has 0 saturated carbocycles. The summed E-state index contributed by atoms with van der Waals surface area (Å²) in [5.41, 5.74) is -0.171. The first-order valence-electron chi connectivity index (χ1n) is 12.0. The van der Waals surface area contributed by atoms with E-state index in [1.807, 2.05) is 13.8 Å². The summed E-state index contributed by atoms with van der Waals surface area (Å²) in [6, 6.07) is 12.3. The van der Waals surface area contributed by atoms with E-state index in [1.54, 1.807) is 43.3 Å². The first-order valence-corrected chi connectivity index (χ1v) is 12.0. The van der Waals surface area contributed by atoms with Gasteiger partial charge in [0, 0.05) is 11.6 Å². The molecule has 1 heterocycles. The largest absolute Gasteiger partial charge is 0.507 e. The van der Waals surface area contributed by atoms with Gasteiger partial charge in [0.05, 0.1) is 37.1 Å².